The molecule has 0 fully saturated rings. The Balaban J connectivity index is 2.06. The number of ether oxygens (including phenoxy) is 1. The van der Waals surface area contributed by atoms with Gasteiger partial charge in [-0.2, -0.15) is 4.09 Å². The van der Waals surface area contributed by atoms with Crippen molar-refractivity contribution in [3.8, 4) is 0 Å². The molecule has 100 valence electrons. The number of hydrogen-bond donors (Lipinski definition) is 1. The van der Waals surface area contributed by atoms with E-state index in [1.54, 1.807) is 6.92 Å². The van der Waals surface area contributed by atoms with Crippen LogP contribution in [0.5, 0.6) is 0 Å². The normalized spacial score (nSPS) is 10.4. The van der Waals surface area contributed by atoms with E-state index in [4.69, 9.17) is 4.74 Å². The summed E-state index contributed by atoms with van der Waals surface area (Å²) in [6.45, 7) is 2.13. The summed E-state index contributed by atoms with van der Waals surface area (Å²) >= 11 is 4.16. The van der Waals surface area contributed by atoms with Gasteiger partial charge in [-0.25, -0.2) is 4.98 Å². The lowest BCUT2D eigenvalue weighted by Crippen LogP contribution is -2.10. The molecule has 0 unspecified atom stereocenters. The highest BCUT2D eigenvalue weighted by molar-refractivity contribution is 7.78. The molecule has 0 radical (unpaired) electrons. The van der Waals surface area contributed by atoms with Gasteiger partial charge < -0.3 is 4.74 Å². The van der Waals surface area contributed by atoms with E-state index in [1.165, 1.54) is 4.09 Å². The average molecular weight is 277 g/mol. The van der Waals surface area contributed by atoms with E-state index in [-0.39, 0.29) is 12.4 Å². The fraction of sp³-hybridized carbons (Fsp3) is 0.308. The molecule has 0 atom stereocenters. The lowest BCUT2D eigenvalue weighted by molar-refractivity contribution is -0.142. The first-order valence-corrected chi connectivity index (χ1v) is 6.42. The molecular weight excluding hydrogens is 262 g/mol. The van der Waals surface area contributed by atoms with Gasteiger partial charge in [0.2, 0.25) is 0 Å². The lowest BCUT2D eigenvalue weighted by atomic mass is 10.1. The fourth-order valence-electron chi connectivity index (χ4n) is 1.69. The van der Waals surface area contributed by atoms with Crippen LogP contribution in [0.25, 0.3) is 0 Å². The highest BCUT2D eigenvalue weighted by Crippen LogP contribution is 2.08. The van der Waals surface area contributed by atoms with Gasteiger partial charge in [-0.05, 0) is 25.3 Å². The molecule has 1 aromatic carbocycles. The quantitative estimate of drug-likeness (QED) is 0.667. The second-order valence-corrected chi connectivity index (χ2v) is 4.36. The number of nitrogens with zero attached hydrogens (tertiary/aromatic N) is 3. The maximum absolute atomic E-state index is 11.4. The zero-order valence-electron chi connectivity index (χ0n) is 10.6. The molecule has 5 nitrogen and oxygen atoms in total. The van der Waals surface area contributed by atoms with E-state index >= 15 is 0 Å². The Morgan fingerprint density at radius 3 is 2.79 bits per heavy atom. The number of benzene rings is 1. The van der Waals surface area contributed by atoms with Gasteiger partial charge in [0.15, 0.2) is 11.6 Å². The molecule has 0 N–H and O–H groups in total. The average Bonchev–Trinajstić information content (AvgIpc) is 2.71. The Morgan fingerprint density at radius 1 is 1.37 bits per heavy atom. The third-order valence-corrected chi connectivity index (χ3v) is 2.83. The third-order valence-electron chi connectivity index (χ3n) is 2.51. The van der Waals surface area contributed by atoms with Crippen molar-refractivity contribution >= 4 is 18.8 Å². The van der Waals surface area contributed by atoms with E-state index in [0.717, 1.165) is 5.56 Å². The molecule has 0 amide bonds. The van der Waals surface area contributed by atoms with E-state index < -0.39 is 0 Å². The van der Waals surface area contributed by atoms with Crippen molar-refractivity contribution in [2.75, 3.05) is 6.61 Å². The Kier molecular flexibility index (Phi) is 4.57. The zero-order valence-corrected chi connectivity index (χ0v) is 11.5. The highest BCUT2D eigenvalue weighted by Gasteiger charge is 2.13. The summed E-state index contributed by atoms with van der Waals surface area (Å²) in [4.78, 5) is 15.7. The van der Waals surface area contributed by atoms with Crippen molar-refractivity contribution in [3.63, 3.8) is 0 Å². The molecule has 0 saturated heterocycles. The van der Waals surface area contributed by atoms with Crippen molar-refractivity contribution in [2.24, 2.45) is 0 Å². The Bertz CT molecular complexity index is 554. The molecule has 1 aromatic heterocycles. The standard InChI is InChI=1S/C13H15N3O2S/c1-2-18-13(17)9-12-14-11(15-16(12)19)8-10-6-4-3-5-7-10/h3-7,19H,2,8-9H2,1H3. The molecule has 19 heavy (non-hydrogen) atoms. The molecule has 1 heterocycles. The van der Waals surface area contributed by atoms with Crippen LogP contribution in [0.2, 0.25) is 0 Å². The SMILES string of the molecule is CCOC(=O)Cc1nc(Cc2ccccc2)nn1S. The monoisotopic (exact) mass is 277 g/mol. The van der Waals surface area contributed by atoms with Crippen molar-refractivity contribution in [1.82, 2.24) is 14.2 Å². The predicted molar refractivity (Wildman–Crippen MR) is 74.0 cm³/mol. The van der Waals surface area contributed by atoms with Gasteiger partial charge in [0, 0.05) is 6.42 Å². The molecule has 2 rings (SSSR count). The Hall–Kier alpha value is -1.82. The van der Waals surface area contributed by atoms with Crippen LogP contribution in [-0.4, -0.2) is 26.7 Å². The molecule has 0 aliphatic rings. The Labute approximate surface area is 117 Å². The van der Waals surface area contributed by atoms with Crippen LogP contribution in [0.4, 0.5) is 0 Å². The van der Waals surface area contributed by atoms with E-state index in [0.29, 0.717) is 24.7 Å². The minimum Gasteiger partial charge on any atom is -0.466 e. The van der Waals surface area contributed by atoms with Gasteiger partial charge in [0.05, 0.1) is 6.61 Å². The lowest BCUT2D eigenvalue weighted by Gasteiger charge is -1.99. The highest BCUT2D eigenvalue weighted by atomic mass is 32.1. The number of esters is 1. The van der Waals surface area contributed by atoms with Crippen LogP contribution in [0.15, 0.2) is 30.3 Å². The maximum atomic E-state index is 11.4. The molecule has 0 aliphatic heterocycles. The molecule has 6 heteroatoms. The first-order chi connectivity index (χ1) is 9.19. The van der Waals surface area contributed by atoms with Crippen molar-refractivity contribution in [1.29, 1.82) is 0 Å². The second-order valence-electron chi connectivity index (χ2n) is 3.98. The summed E-state index contributed by atoms with van der Waals surface area (Å²) in [6, 6.07) is 9.90. The minimum atomic E-state index is -0.323. The zero-order chi connectivity index (χ0) is 13.7. The second kappa shape index (κ2) is 6.38. The first kappa shape index (κ1) is 13.6. The predicted octanol–water partition coefficient (Wildman–Crippen LogP) is 1.67. The number of thiol groups is 1. The molecule has 0 bridgehead atoms. The van der Waals surface area contributed by atoms with Crippen molar-refractivity contribution < 1.29 is 9.53 Å². The summed E-state index contributed by atoms with van der Waals surface area (Å²) in [5.41, 5.74) is 1.11. The van der Waals surface area contributed by atoms with Crippen molar-refractivity contribution in [2.45, 2.75) is 19.8 Å². The van der Waals surface area contributed by atoms with Crippen LogP contribution < -0.4 is 0 Å². The van der Waals surface area contributed by atoms with Crippen LogP contribution in [0.1, 0.15) is 24.1 Å². The maximum Gasteiger partial charge on any atom is 0.313 e. The van der Waals surface area contributed by atoms with Crippen LogP contribution in [-0.2, 0) is 22.4 Å². The van der Waals surface area contributed by atoms with Gasteiger partial charge in [0.1, 0.15) is 6.42 Å². The summed E-state index contributed by atoms with van der Waals surface area (Å²) < 4.78 is 6.20. The summed E-state index contributed by atoms with van der Waals surface area (Å²) in [5.74, 6) is 0.810. The smallest absolute Gasteiger partial charge is 0.313 e. The first-order valence-electron chi connectivity index (χ1n) is 6.02. The third kappa shape index (κ3) is 3.82. The number of hydrogen-bond acceptors (Lipinski definition) is 5. The largest absolute Gasteiger partial charge is 0.466 e. The summed E-state index contributed by atoms with van der Waals surface area (Å²) in [7, 11) is 0. The van der Waals surface area contributed by atoms with Gasteiger partial charge in [-0.3, -0.25) is 4.79 Å². The number of carbonyl (C=O) groups is 1. The number of rotatable bonds is 5. The minimum absolute atomic E-state index is 0.0825. The Morgan fingerprint density at radius 2 is 2.11 bits per heavy atom. The number of carbonyl (C=O) groups excluding carboxylic acids is 1. The molecular formula is C13H15N3O2S. The fourth-order valence-corrected chi connectivity index (χ4v) is 1.91. The topological polar surface area (TPSA) is 57.0 Å². The van der Waals surface area contributed by atoms with Crippen LogP contribution in [0.3, 0.4) is 0 Å². The van der Waals surface area contributed by atoms with Gasteiger partial charge in [0.25, 0.3) is 0 Å². The summed E-state index contributed by atoms with van der Waals surface area (Å²) in [5, 5.41) is 4.18. The van der Waals surface area contributed by atoms with Gasteiger partial charge >= 0.3 is 5.97 Å². The number of aromatic nitrogens is 3. The van der Waals surface area contributed by atoms with Crippen LogP contribution >= 0.6 is 12.8 Å². The van der Waals surface area contributed by atoms with E-state index in [2.05, 4.69) is 22.9 Å². The van der Waals surface area contributed by atoms with Crippen molar-refractivity contribution in [3.05, 3.63) is 47.5 Å². The molecule has 0 spiro atoms. The van der Waals surface area contributed by atoms with Gasteiger partial charge in [-0.15, -0.1) is 5.10 Å². The van der Waals surface area contributed by atoms with Gasteiger partial charge in [-0.1, -0.05) is 30.3 Å². The summed E-state index contributed by atoms with van der Waals surface area (Å²) in [6.07, 6.45) is 0.698. The molecule has 0 saturated carbocycles. The molecule has 2 aromatic rings. The molecule has 0 aliphatic carbocycles. The van der Waals surface area contributed by atoms with E-state index in [1.807, 2.05) is 30.3 Å². The van der Waals surface area contributed by atoms with Crippen LogP contribution in [0, 0.1) is 0 Å². The van der Waals surface area contributed by atoms with E-state index in [9.17, 15) is 4.79 Å².